The van der Waals surface area contributed by atoms with Crippen LogP contribution in [-0.4, -0.2) is 113 Å². The first-order valence-corrected chi connectivity index (χ1v) is 12.4. The topological polar surface area (TPSA) is 203 Å². The molecule has 15 nitrogen and oxygen atoms in total. The summed E-state index contributed by atoms with van der Waals surface area (Å²) in [4.78, 5) is 43.9. The standard InChI is InChI=1S/C10H18ClN3O7.C9H16ClN3O2/c1-20-9-8(17)7(16)6(15)5(21-9)4-12-10(18)14(13-19)3-2-11;10-6-7-13(12-15)9(14)11-8-4-2-1-3-5-8/h5-9,15-17H,2-4H2,1H3,(H,12,18);8H,1-7H2,(H,11,14)/t5-,6-,7+,8-,9+;/m1./s1. The molecule has 1 heterocycles. The third kappa shape index (κ3) is 10.2. The molecule has 4 amide bonds. The first-order chi connectivity index (χ1) is 17.2. The lowest BCUT2D eigenvalue weighted by atomic mass is 9.96. The molecule has 2 fully saturated rings. The van der Waals surface area contributed by atoms with Gasteiger partial charge in [-0.25, -0.2) is 9.59 Å². The Morgan fingerprint density at radius 3 is 2.00 bits per heavy atom. The summed E-state index contributed by atoms with van der Waals surface area (Å²) in [5, 5.41) is 40.6. The quantitative estimate of drug-likeness (QED) is 0.144. The number of halogens is 2. The van der Waals surface area contributed by atoms with Gasteiger partial charge in [0.1, 0.15) is 24.4 Å². The Morgan fingerprint density at radius 1 is 0.944 bits per heavy atom. The normalized spacial score (nSPS) is 26.1. The van der Waals surface area contributed by atoms with Crippen LogP contribution in [0.4, 0.5) is 9.59 Å². The maximum Gasteiger partial charge on any atom is 0.340 e. The Labute approximate surface area is 218 Å². The number of nitrogens with one attached hydrogen (secondary N) is 2. The Morgan fingerprint density at radius 2 is 1.50 bits per heavy atom. The Bertz CT molecular complexity index is 690. The number of urea groups is 2. The summed E-state index contributed by atoms with van der Waals surface area (Å²) in [6.45, 7) is -0.144. The molecule has 0 radical (unpaired) electrons. The Kier molecular flexibility index (Phi) is 15.7. The monoisotopic (exact) mass is 560 g/mol. The van der Waals surface area contributed by atoms with Crippen LogP contribution in [0.25, 0.3) is 0 Å². The van der Waals surface area contributed by atoms with Crippen molar-refractivity contribution in [2.24, 2.45) is 10.6 Å². The van der Waals surface area contributed by atoms with Crippen molar-refractivity contribution in [2.75, 3.05) is 38.5 Å². The number of aliphatic hydroxyl groups excluding tert-OH is 3. The zero-order chi connectivity index (χ0) is 27.1. The van der Waals surface area contributed by atoms with Gasteiger partial charge in [0.2, 0.25) is 0 Å². The van der Waals surface area contributed by atoms with E-state index >= 15 is 0 Å². The van der Waals surface area contributed by atoms with Gasteiger partial charge in [-0.05, 0) is 12.8 Å². The van der Waals surface area contributed by atoms with E-state index in [0.717, 1.165) is 30.7 Å². The fourth-order valence-corrected chi connectivity index (χ4v) is 3.89. The summed E-state index contributed by atoms with van der Waals surface area (Å²) in [7, 11) is 1.26. The highest BCUT2D eigenvalue weighted by Crippen LogP contribution is 2.21. The summed E-state index contributed by atoms with van der Waals surface area (Å²) in [6, 6.07) is -1.07. The Balaban J connectivity index is 0.000000381. The predicted octanol–water partition coefficient (Wildman–Crippen LogP) is 0.623. The van der Waals surface area contributed by atoms with Gasteiger partial charge in [0, 0.05) is 31.5 Å². The summed E-state index contributed by atoms with van der Waals surface area (Å²) in [5.41, 5.74) is 0. The van der Waals surface area contributed by atoms with Crippen LogP contribution in [0.5, 0.6) is 0 Å². The maximum absolute atomic E-state index is 11.6. The number of hydrogen-bond acceptors (Lipinski definition) is 11. The molecule has 0 unspecified atom stereocenters. The lowest BCUT2D eigenvalue weighted by molar-refractivity contribution is -0.288. The minimum atomic E-state index is -1.49. The predicted molar refractivity (Wildman–Crippen MR) is 129 cm³/mol. The number of aliphatic hydroxyl groups is 3. The summed E-state index contributed by atoms with van der Waals surface area (Å²) >= 11 is 10.8. The van der Waals surface area contributed by atoms with E-state index in [1.54, 1.807) is 0 Å². The largest absolute Gasteiger partial charge is 0.388 e. The van der Waals surface area contributed by atoms with E-state index in [0.29, 0.717) is 5.01 Å². The van der Waals surface area contributed by atoms with E-state index in [-0.39, 0.29) is 37.4 Å². The van der Waals surface area contributed by atoms with Gasteiger partial charge in [0.15, 0.2) is 6.29 Å². The average molecular weight is 561 g/mol. The van der Waals surface area contributed by atoms with Gasteiger partial charge in [0.25, 0.3) is 0 Å². The van der Waals surface area contributed by atoms with Crippen molar-refractivity contribution >= 4 is 35.3 Å². The molecule has 0 aromatic rings. The summed E-state index contributed by atoms with van der Waals surface area (Å²) in [5.74, 6) is 0.238. The maximum atomic E-state index is 11.6. The van der Waals surface area contributed by atoms with Gasteiger partial charge in [-0.1, -0.05) is 19.3 Å². The van der Waals surface area contributed by atoms with Crippen molar-refractivity contribution in [2.45, 2.75) is 68.9 Å². The Hall–Kier alpha value is -1.88. The highest BCUT2D eigenvalue weighted by atomic mass is 35.5. The summed E-state index contributed by atoms with van der Waals surface area (Å²) in [6.07, 6.45) is -1.05. The molecule has 0 bridgehead atoms. The molecule has 1 aliphatic carbocycles. The first kappa shape index (κ1) is 32.1. The lowest BCUT2D eigenvalue weighted by Crippen LogP contribution is -2.60. The summed E-state index contributed by atoms with van der Waals surface area (Å²) < 4.78 is 10.0. The second-order valence-electron chi connectivity index (χ2n) is 8.01. The zero-order valence-corrected chi connectivity index (χ0v) is 21.4. The molecule has 5 atom stereocenters. The number of carbonyl (C=O) groups is 2. The zero-order valence-electron chi connectivity index (χ0n) is 19.9. The van der Waals surface area contributed by atoms with Gasteiger partial charge in [-0.3, -0.25) is 0 Å². The third-order valence-corrected chi connectivity index (χ3v) is 5.88. The van der Waals surface area contributed by atoms with Gasteiger partial charge < -0.3 is 35.4 Å². The number of rotatable bonds is 10. The molecule has 1 aliphatic heterocycles. The molecule has 1 saturated carbocycles. The number of carbonyl (C=O) groups excluding carboxylic acids is 2. The molecule has 0 aromatic heterocycles. The minimum Gasteiger partial charge on any atom is -0.388 e. The van der Waals surface area contributed by atoms with E-state index in [4.69, 9.17) is 32.7 Å². The molecule has 17 heteroatoms. The molecular formula is C19H34Cl2N6O9. The van der Waals surface area contributed by atoms with Crippen LogP contribution in [0.2, 0.25) is 0 Å². The van der Waals surface area contributed by atoms with Crippen LogP contribution in [0, 0.1) is 9.81 Å². The number of nitroso groups, excluding NO2 is 2. The molecule has 1 saturated heterocycles. The molecule has 0 aromatic carbocycles. The van der Waals surface area contributed by atoms with E-state index in [1.165, 1.54) is 13.5 Å². The molecule has 5 N–H and O–H groups in total. The second kappa shape index (κ2) is 17.6. The van der Waals surface area contributed by atoms with Crippen LogP contribution in [0.3, 0.4) is 0 Å². The molecule has 2 rings (SSSR count). The number of hydrogen-bond donors (Lipinski definition) is 5. The fourth-order valence-electron chi connectivity index (χ4n) is 3.57. The molecule has 0 spiro atoms. The second-order valence-corrected chi connectivity index (χ2v) is 8.76. The van der Waals surface area contributed by atoms with Crippen molar-refractivity contribution in [3.8, 4) is 0 Å². The van der Waals surface area contributed by atoms with E-state index < -0.39 is 42.8 Å². The highest BCUT2D eigenvalue weighted by Gasteiger charge is 2.44. The van der Waals surface area contributed by atoms with E-state index in [1.807, 2.05) is 0 Å². The molecule has 208 valence electrons. The number of amides is 4. The number of nitrogens with zero attached hydrogens (tertiary/aromatic N) is 4. The number of ether oxygens (including phenoxy) is 2. The van der Waals surface area contributed by atoms with E-state index in [2.05, 4.69) is 21.2 Å². The van der Waals surface area contributed by atoms with Crippen molar-refractivity contribution < 1.29 is 34.4 Å². The average Bonchev–Trinajstić information content (AvgIpc) is 2.89. The molecule has 2 aliphatic rings. The van der Waals surface area contributed by atoms with Crippen molar-refractivity contribution in [1.82, 2.24) is 20.7 Å². The van der Waals surface area contributed by atoms with E-state index in [9.17, 15) is 34.7 Å². The van der Waals surface area contributed by atoms with Crippen molar-refractivity contribution in [3.63, 3.8) is 0 Å². The molecule has 36 heavy (non-hydrogen) atoms. The number of alkyl halides is 2. The first-order valence-electron chi connectivity index (χ1n) is 11.4. The van der Waals surface area contributed by atoms with Gasteiger partial charge in [-0.2, -0.15) is 10.0 Å². The highest BCUT2D eigenvalue weighted by molar-refractivity contribution is 6.18. The van der Waals surface area contributed by atoms with Crippen molar-refractivity contribution in [1.29, 1.82) is 0 Å². The van der Waals surface area contributed by atoms with Gasteiger partial charge >= 0.3 is 12.1 Å². The number of methoxy groups -OCH3 is 1. The molecular weight excluding hydrogens is 527 g/mol. The SMILES string of the molecule is CO[C@H]1O[C@H](CNC(=O)N(CCCl)N=O)[C@@H](O)[C@H](O)[C@H]1O.O=NN(CCCl)C(=O)NC1CCCCC1. The van der Waals surface area contributed by atoms with Gasteiger partial charge in [0.05, 0.1) is 23.7 Å². The van der Waals surface area contributed by atoms with Crippen LogP contribution in [0.15, 0.2) is 10.6 Å². The lowest BCUT2D eigenvalue weighted by Gasteiger charge is -2.39. The fraction of sp³-hybridized carbons (Fsp3) is 0.895. The van der Waals surface area contributed by atoms with Crippen LogP contribution in [0.1, 0.15) is 32.1 Å². The minimum absolute atomic E-state index is 0.0262. The third-order valence-electron chi connectivity index (χ3n) is 5.55. The van der Waals surface area contributed by atoms with Crippen LogP contribution < -0.4 is 10.6 Å². The van der Waals surface area contributed by atoms with Crippen molar-refractivity contribution in [3.05, 3.63) is 9.81 Å². The smallest absolute Gasteiger partial charge is 0.340 e. The van der Waals surface area contributed by atoms with Crippen LogP contribution in [-0.2, 0) is 9.47 Å². The van der Waals surface area contributed by atoms with Gasteiger partial charge in [-0.15, -0.1) is 33.0 Å². The van der Waals surface area contributed by atoms with Crippen LogP contribution >= 0.6 is 23.2 Å².